The molecule has 1 heterocycles. The normalized spacial score (nSPS) is 16.8. The number of rotatable bonds is 8. The van der Waals surface area contributed by atoms with Crippen LogP contribution in [0.5, 0.6) is 17.2 Å². The summed E-state index contributed by atoms with van der Waals surface area (Å²) in [5.41, 5.74) is 1.34. The average molecular weight is 522 g/mol. The van der Waals surface area contributed by atoms with Crippen molar-refractivity contribution in [2.24, 2.45) is 0 Å². The summed E-state index contributed by atoms with van der Waals surface area (Å²) in [5, 5.41) is 11.8. The number of aliphatic hydroxyl groups excluding tert-OH is 1. The molecule has 0 radical (unpaired) electrons. The van der Waals surface area contributed by atoms with E-state index in [0.717, 1.165) is 0 Å². The molecule has 1 fully saturated rings. The molecule has 8 heteroatoms. The maximum atomic E-state index is 13.4. The predicted octanol–water partition coefficient (Wildman–Crippen LogP) is 6.16. The first-order valence-electron chi connectivity index (χ1n) is 11.9. The largest absolute Gasteiger partial charge is 0.507 e. The van der Waals surface area contributed by atoms with Gasteiger partial charge in [-0.1, -0.05) is 23.7 Å². The van der Waals surface area contributed by atoms with Gasteiger partial charge in [0.15, 0.2) is 0 Å². The minimum atomic E-state index is -0.904. The number of halogens is 1. The molecule has 192 valence electrons. The maximum Gasteiger partial charge on any atom is 0.300 e. The van der Waals surface area contributed by atoms with E-state index in [9.17, 15) is 14.7 Å². The van der Waals surface area contributed by atoms with Gasteiger partial charge in [-0.3, -0.25) is 14.5 Å². The van der Waals surface area contributed by atoms with Crippen LogP contribution in [0, 0.1) is 0 Å². The zero-order valence-electron chi connectivity index (χ0n) is 21.0. The number of carbonyl (C=O) groups is 2. The number of nitrogens with zero attached hydrogens (tertiary/aromatic N) is 1. The zero-order chi connectivity index (χ0) is 26.7. The Morgan fingerprint density at radius 1 is 1.03 bits per heavy atom. The van der Waals surface area contributed by atoms with Crippen molar-refractivity contribution in [3.8, 4) is 17.2 Å². The average Bonchev–Trinajstić information content (AvgIpc) is 3.15. The fourth-order valence-electron chi connectivity index (χ4n) is 4.26. The van der Waals surface area contributed by atoms with Crippen molar-refractivity contribution in [3.63, 3.8) is 0 Å². The third-order valence-corrected chi connectivity index (χ3v) is 6.16. The quantitative estimate of drug-likeness (QED) is 0.217. The number of methoxy groups -OCH3 is 1. The first kappa shape index (κ1) is 26.1. The third kappa shape index (κ3) is 5.27. The van der Waals surface area contributed by atoms with Crippen LogP contribution in [-0.2, 0) is 9.59 Å². The molecule has 1 aliphatic rings. The second kappa shape index (κ2) is 11.0. The summed E-state index contributed by atoms with van der Waals surface area (Å²) < 4.78 is 16.7. The first-order chi connectivity index (χ1) is 17.7. The Bertz CT molecular complexity index is 1350. The molecule has 1 unspecified atom stereocenters. The van der Waals surface area contributed by atoms with Crippen LogP contribution in [0.15, 0.2) is 72.3 Å². The molecule has 1 atom stereocenters. The van der Waals surface area contributed by atoms with Crippen molar-refractivity contribution in [1.29, 1.82) is 0 Å². The van der Waals surface area contributed by atoms with Gasteiger partial charge in [0.25, 0.3) is 11.7 Å². The summed E-state index contributed by atoms with van der Waals surface area (Å²) in [7, 11) is 1.53. The number of benzene rings is 3. The summed E-state index contributed by atoms with van der Waals surface area (Å²) in [4.78, 5) is 28.2. The Morgan fingerprint density at radius 3 is 2.41 bits per heavy atom. The molecule has 0 aliphatic carbocycles. The lowest BCUT2D eigenvalue weighted by Gasteiger charge is -2.26. The first-order valence-corrected chi connectivity index (χ1v) is 12.3. The molecule has 3 aromatic carbocycles. The van der Waals surface area contributed by atoms with Crippen LogP contribution in [0.2, 0.25) is 5.02 Å². The minimum Gasteiger partial charge on any atom is -0.507 e. The summed E-state index contributed by atoms with van der Waals surface area (Å²) in [6, 6.07) is 17.8. The van der Waals surface area contributed by atoms with Crippen LogP contribution in [-0.4, -0.2) is 36.6 Å². The van der Waals surface area contributed by atoms with E-state index in [1.54, 1.807) is 66.7 Å². The van der Waals surface area contributed by atoms with E-state index in [4.69, 9.17) is 25.8 Å². The summed E-state index contributed by atoms with van der Waals surface area (Å²) in [6.45, 7) is 6.02. The number of ether oxygens (including phenoxy) is 3. The highest BCUT2D eigenvalue weighted by atomic mass is 35.5. The third-order valence-electron chi connectivity index (χ3n) is 5.85. The number of ketones is 1. The molecule has 0 bridgehead atoms. The SMILES string of the molecule is CCOc1cc(/C(O)=C2/C(=O)C(=O)N(c3ccc(OC(C)C)cc3)C2c2cccc(OC)c2)ccc1Cl. The molecule has 4 rings (SSSR count). The highest BCUT2D eigenvalue weighted by Gasteiger charge is 2.47. The van der Waals surface area contributed by atoms with Crippen LogP contribution < -0.4 is 19.1 Å². The van der Waals surface area contributed by atoms with E-state index in [0.29, 0.717) is 45.7 Å². The van der Waals surface area contributed by atoms with Crippen molar-refractivity contribution in [1.82, 2.24) is 0 Å². The highest BCUT2D eigenvalue weighted by molar-refractivity contribution is 6.51. The fourth-order valence-corrected chi connectivity index (χ4v) is 4.43. The van der Waals surface area contributed by atoms with Crippen LogP contribution in [0.25, 0.3) is 5.76 Å². The van der Waals surface area contributed by atoms with Crippen LogP contribution >= 0.6 is 11.6 Å². The van der Waals surface area contributed by atoms with Gasteiger partial charge in [-0.15, -0.1) is 0 Å². The molecular weight excluding hydrogens is 494 g/mol. The molecule has 37 heavy (non-hydrogen) atoms. The Labute approximate surface area is 220 Å². The second-order valence-corrected chi connectivity index (χ2v) is 9.09. The number of carbonyl (C=O) groups excluding carboxylic acids is 2. The van der Waals surface area contributed by atoms with E-state index in [-0.39, 0.29) is 17.4 Å². The van der Waals surface area contributed by atoms with Gasteiger partial charge in [0.05, 0.1) is 36.5 Å². The van der Waals surface area contributed by atoms with Gasteiger partial charge in [-0.2, -0.15) is 0 Å². The van der Waals surface area contributed by atoms with Gasteiger partial charge in [-0.25, -0.2) is 0 Å². The molecule has 0 spiro atoms. The van der Waals surface area contributed by atoms with Gasteiger partial charge >= 0.3 is 0 Å². The number of anilines is 1. The van der Waals surface area contributed by atoms with Crippen molar-refractivity contribution in [2.45, 2.75) is 32.9 Å². The summed E-state index contributed by atoms with van der Waals surface area (Å²) in [5.74, 6) is -0.342. The van der Waals surface area contributed by atoms with Crippen molar-refractivity contribution in [3.05, 3.63) is 88.5 Å². The molecule has 1 amide bonds. The molecule has 1 aliphatic heterocycles. The topological polar surface area (TPSA) is 85.3 Å². The minimum absolute atomic E-state index is 0.0159. The Hall–Kier alpha value is -3.97. The molecule has 0 aromatic heterocycles. The summed E-state index contributed by atoms with van der Waals surface area (Å²) >= 11 is 6.22. The van der Waals surface area contributed by atoms with E-state index < -0.39 is 17.7 Å². The highest BCUT2D eigenvalue weighted by Crippen LogP contribution is 2.43. The lowest BCUT2D eigenvalue weighted by Crippen LogP contribution is -2.29. The second-order valence-electron chi connectivity index (χ2n) is 8.68. The van der Waals surface area contributed by atoms with Gasteiger partial charge < -0.3 is 19.3 Å². The van der Waals surface area contributed by atoms with Gasteiger partial charge in [-0.05, 0) is 80.9 Å². The monoisotopic (exact) mass is 521 g/mol. The zero-order valence-corrected chi connectivity index (χ0v) is 21.8. The lowest BCUT2D eigenvalue weighted by atomic mass is 9.95. The molecule has 3 aromatic rings. The van der Waals surface area contributed by atoms with E-state index in [1.165, 1.54) is 12.0 Å². The molecule has 7 nitrogen and oxygen atoms in total. The number of hydrogen-bond acceptors (Lipinski definition) is 6. The molecule has 1 N–H and O–H groups in total. The van der Waals surface area contributed by atoms with Crippen LogP contribution in [0.1, 0.15) is 37.9 Å². The number of aliphatic hydroxyl groups is 1. The smallest absolute Gasteiger partial charge is 0.300 e. The van der Waals surface area contributed by atoms with Gasteiger partial charge in [0.2, 0.25) is 0 Å². The Balaban J connectivity index is 1.89. The van der Waals surface area contributed by atoms with E-state index >= 15 is 0 Å². The maximum absolute atomic E-state index is 13.4. The lowest BCUT2D eigenvalue weighted by molar-refractivity contribution is -0.132. The van der Waals surface area contributed by atoms with Crippen LogP contribution in [0.4, 0.5) is 5.69 Å². The van der Waals surface area contributed by atoms with Gasteiger partial charge in [0.1, 0.15) is 23.0 Å². The van der Waals surface area contributed by atoms with Crippen LogP contribution in [0.3, 0.4) is 0 Å². The molecule has 0 saturated carbocycles. The van der Waals surface area contributed by atoms with Gasteiger partial charge in [0, 0.05) is 11.3 Å². The number of hydrogen-bond donors (Lipinski definition) is 1. The van der Waals surface area contributed by atoms with Crippen molar-refractivity contribution < 1.29 is 28.9 Å². The van der Waals surface area contributed by atoms with E-state index in [1.807, 2.05) is 20.8 Å². The van der Waals surface area contributed by atoms with E-state index in [2.05, 4.69) is 0 Å². The van der Waals surface area contributed by atoms with Crippen molar-refractivity contribution >= 4 is 34.7 Å². The molecular formula is C29H28ClNO6. The van der Waals surface area contributed by atoms with Crippen molar-refractivity contribution in [2.75, 3.05) is 18.6 Å². The number of amides is 1. The standard InChI is InChI=1S/C29H28ClNO6/c1-5-36-24-16-19(9-14-23(24)30)27(32)25-26(18-7-6-8-22(15-18)35-4)31(29(34)28(25)33)20-10-12-21(13-11-20)37-17(2)3/h6-17,26,32H,5H2,1-4H3/b27-25-. The Kier molecular flexibility index (Phi) is 7.74. The fraction of sp³-hybridized carbons (Fsp3) is 0.241. The molecule has 1 saturated heterocycles. The number of Topliss-reactive ketones (excluding diaryl/α,β-unsaturated/α-hetero) is 1. The predicted molar refractivity (Wildman–Crippen MR) is 143 cm³/mol. The summed E-state index contributed by atoms with van der Waals surface area (Å²) in [6.07, 6.45) is -0.0159. The Morgan fingerprint density at radius 2 is 1.76 bits per heavy atom.